The first-order valence-corrected chi connectivity index (χ1v) is 9.76. The molecule has 0 spiro atoms. The highest BCUT2D eigenvalue weighted by atomic mass is 32.2. The molecule has 0 radical (unpaired) electrons. The predicted octanol–water partition coefficient (Wildman–Crippen LogP) is 1.82. The number of amides is 1. The van der Waals surface area contributed by atoms with Gasteiger partial charge in [-0.15, -0.1) is 0 Å². The molecule has 0 bridgehead atoms. The lowest BCUT2D eigenvalue weighted by Gasteiger charge is -2.34. The van der Waals surface area contributed by atoms with Gasteiger partial charge in [0.2, 0.25) is 15.9 Å². The third-order valence-corrected chi connectivity index (χ3v) is 5.90. The van der Waals surface area contributed by atoms with Gasteiger partial charge in [0.05, 0.1) is 11.4 Å². The first kappa shape index (κ1) is 18.9. The minimum atomic E-state index is -3.54. The van der Waals surface area contributed by atoms with Crippen molar-refractivity contribution in [2.45, 2.75) is 32.1 Å². The lowest BCUT2D eigenvalue weighted by atomic mass is 9.92. The topological polar surface area (TPSA) is 78.5 Å². The number of benzene rings is 1. The van der Waals surface area contributed by atoms with Gasteiger partial charge in [-0.2, -0.15) is 0 Å². The molecule has 1 aromatic rings. The van der Waals surface area contributed by atoms with Crippen molar-refractivity contribution in [2.24, 2.45) is 11.8 Å². The maximum absolute atomic E-state index is 12.3. The number of sulfonamides is 1. The summed E-state index contributed by atoms with van der Waals surface area (Å²) in [7, 11) is -2.17. The number of likely N-dealkylation sites (tertiary alicyclic amines) is 1. The number of nitrogens with zero attached hydrogens (tertiary/aromatic N) is 1. The van der Waals surface area contributed by atoms with Gasteiger partial charge in [-0.25, -0.2) is 13.1 Å². The van der Waals surface area contributed by atoms with Crippen molar-refractivity contribution < 1.29 is 13.2 Å². The zero-order valence-corrected chi connectivity index (χ0v) is 15.6. The molecule has 1 amide bonds. The zero-order valence-electron chi connectivity index (χ0n) is 14.8. The first-order valence-electron chi connectivity index (χ1n) is 8.27. The molecule has 0 unspecified atom stereocenters. The summed E-state index contributed by atoms with van der Waals surface area (Å²) < 4.78 is 26.3. The van der Waals surface area contributed by atoms with Crippen LogP contribution in [0.2, 0.25) is 0 Å². The molecule has 1 heterocycles. The van der Waals surface area contributed by atoms with E-state index < -0.39 is 10.0 Å². The summed E-state index contributed by atoms with van der Waals surface area (Å²) in [5, 5.41) is 2.81. The lowest BCUT2D eigenvalue weighted by Crippen LogP contribution is -2.42. The van der Waals surface area contributed by atoms with Crippen molar-refractivity contribution in [3.8, 4) is 0 Å². The number of carbonyl (C=O) groups is 1. The lowest BCUT2D eigenvalue weighted by molar-refractivity contribution is -0.117. The van der Waals surface area contributed by atoms with Crippen LogP contribution in [0.5, 0.6) is 0 Å². The Morgan fingerprint density at radius 2 is 1.88 bits per heavy atom. The van der Waals surface area contributed by atoms with E-state index in [1.54, 1.807) is 19.1 Å². The number of piperidine rings is 1. The van der Waals surface area contributed by atoms with Gasteiger partial charge < -0.3 is 5.32 Å². The highest BCUT2D eigenvalue weighted by molar-refractivity contribution is 7.89. The van der Waals surface area contributed by atoms with Crippen molar-refractivity contribution in [2.75, 3.05) is 32.0 Å². The Bertz CT molecular complexity index is 693. The van der Waals surface area contributed by atoms with Crippen LogP contribution in [0.15, 0.2) is 23.1 Å². The van der Waals surface area contributed by atoms with E-state index in [1.165, 1.54) is 19.5 Å². The van der Waals surface area contributed by atoms with Crippen LogP contribution in [-0.2, 0) is 14.8 Å². The van der Waals surface area contributed by atoms with Crippen LogP contribution in [0.4, 0.5) is 5.69 Å². The Balaban J connectivity index is 2.05. The minimum absolute atomic E-state index is 0.118. The summed E-state index contributed by atoms with van der Waals surface area (Å²) in [6.45, 7) is 8.31. The van der Waals surface area contributed by atoms with E-state index >= 15 is 0 Å². The van der Waals surface area contributed by atoms with Crippen molar-refractivity contribution in [1.82, 2.24) is 9.62 Å². The Kier molecular flexibility index (Phi) is 6.01. The number of anilines is 1. The van der Waals surface area contributed by atoms with Crippen LogP contribution in [-0.4, -0.2) is 45.9 Å². The summed E-state index contributed by atoms with van der Waals surface area (Å²) in [4.78, 5) is 14.6. The molecule has 24 heavy (non-hydrogen) atoms. The molecule has 7 heteroatoms. The maximum Gasteiger partial charge on any atom is 0.240 e. The number of carbonyl (C=O) groups excluding carboxylic acids is 1. The quantitative estimate of drug-likeness (QED) is 0.846. The summed E-state index contributed by atoms with van der Waals surface area (Å²) in [6, 6.07) is 4.93. The molecule has 1 fully saturated rings. The third-order valence-electron chi connectivity index (χ3n) is 4.34. The van der Waals surface area contributed by atoms with E-state index in [-0.39, 0.29) is 10.8 Å². The Labute approximate surface area is 144 Å². The predicted molar refractivity (Wildman–Crippen MR) is 95.4 cm³/mol. The van der Waals surface area contributed by atoms with E-state index in [2.05, 4.69) is 28.8 Å². The molecule has 1 aromatic carbocycles. The molecule has 0 aromatic heterocycles. The van der Waals surface area contributed by atoms with Crippen LogP contribution in [0, 0.1) is 18.8 Å². The van der Waals surface area contributed by atoms with Gasteiger partial charge in [0.15, 0.2) is 0 Å². The van der Waals surface area contributed by atoms with Gasteiger partial charge in [0, 0.05) is 18.8 Å². The van der Waals surface area contributed by atoms with E-state index in [4.69, 9.17) is 0 Å². The molecule has 134 valence electrons. The van der Waals surface area contributed by atoms with Crippen LogP contribution >= 0.6 is 0 Å². The second kappa shape index (κ2) is 7.63. The molecule has 2 rings (SSSR count). The second-order valence-electron chi connectivity index (χ2n) is 6.88. The molecular weight excluding hydrogens is 326 g/mol. The van der Waals surface area contributed by atoms with Gasteiger partial charge in [-0.05, 0) is 49.9 Å². The van der Waals surface area contributed by atoms with Crippen LogP contribution in [0.1, 0.15) is 25.8 Å². The standard InChI is InChI=1S/C17H27N3O3S/c1-12-7-13(2)10-20(9-12)11-17(21)19-15-6-5-14(3)16(8-15)24(22,23)18-4/h5-6,8,12-13,18H,7,9-11H2,1-4H3,(H,19,21)/t12-,13+. The molecule has 0 aliphatic carbocycles. The molecule has 1 aliphatic rings. The summed E-state index contributed by atoms with van der Waals surface area (Å²) in [5.41, 5.74) is 1.14. The normalized spacial score (nSPS) is 22.3. The molecule has 1 aliphatic heterocycles. The molecule has 2 atom stereocenters. The maximum atomic E-state index is 12.3. The molecule has 6 nitrogen and oxygen atoms in total. The molecule has 1 saturated heterocycles. The number of rotatable bonds is 5. The fraction of sp³-hybridized carbons (Fsp3) is 0.588. The van der Waals surface area contributed by atoms with E-state index in [0.29, 0.717) is 29.6 Å². The van der Waals surface area contributed by atoms with E-state index in [9.17, 15) is 13.2 Å². The van der Waals surface area contributed by atoms with Crippen molar-refractivity contribution in [1.29, 1.82) is 0 Å². The summed E-state index contributed by atoms with van der Waals surface area (Å²) in [6.07, 6.45) is 1.20. The summed E-state index contributed by atoms with van der Waals surface area (Å²) in [5.74, 6) is 1.06. The highest BCUT2D eigenvalue weighted by Gasteiger charge is 2.23. The van der Waals surface area contributed by atoms with Crippen molar-refractivity contribution in [3.63, 3.8) is 0 Å². The fourth-order valence-electron chi connectivity index (χ4n) is 3.40. The summed E-state index contributed by atoms with van der Waals surface area (Å²) >= 11 is 0. The SMILES string of the molecule is CNS(=O)(=O)c1cc(NC(=O)CN2C[C@H](C)C[C@H](C)C2)ccc1C. The van der Waals surface area contributed by atoms with Gasteiger partial charge >= 0.3 is 0 Å². The number of nitrogens with one attached hydrogen (secondary N) is 2. The average molecular weight is 353 g/mol. The average Bonchev–Trinajstić information content (AvgIpc) is 2.47. The number of hydrogen-bond acceptors (Lipinski definition) is 4. The van der Waals surface area contributed by atoms with Crippen molar-refractivity contribution in [3.05, 3.63) is 23.8 Å². The first-order chi connectivity index (χ1) is 11.2. The monoisotopic (exact) mass is 353 g/mol. The minimum Gasteiger partial charge on any atom is -0.325 e. The third kappa shape index (κ3) is 4.78. The zero-order chi connectivity index (χ0) is 17.9. The second-order valence-corrected chi connectivity index (χ2v) is 8.73. The molecular formula is C17H27N3O3S. The largest absolute Gasteiger partial charge is 0.325 e. The highest BCUT2D eigenvalue weighted by Crippen LogP contribution is 2.22. The molecule has 0 saturated carbocycles. The van der Waals surface area contributed by atoms with Gasteiger partial charge in [0.25, 0.3) is 0 Å². The van der Waals surface area contributed by atoms with Gasteiger partial charge in [0.1, 0.15) is 0 Å². The van der Waals surface area contributed by atoms with Gasteiger partial charge in [-0.1, -0.05) is 19.9 Å². The number of aryl methyl sites for hydroxylation is 1. The van der Waals surface area contributed by atoms with Gasteiger partial charge in [-0.3, -0.25) is 9.69 Å². The van der Waals surface area contributed by atoms with E-state index in [0.717, 1.165) is 13.1 Å². The van der Waals surface area contributed by atoms with Crippen LogP contribution < -0.4 is 10.0 Å². The van der Waals surface area contributed by atoms with Crippen molar-refractivity contribution >= 4 is 21.6 Å². The van der Waals surface area contributed by atoms with Crippen LogP contribution in [0.25, 0.3) is 0 Å². The van der Waals surface area contributed by atoms with Crippen LogP contribution in [0.3, 0.4) is 0 Å². The smallest absolute Gasteiger partial charge is 0.240 e. The Hall–Kier alpha value is -1.44. The number of hydrogen-bond donors (Lipinski definition) is 2. The molecule has 2 N–H and O–H groups in total. The fourth-order valence-corrected chi connectivity index (χ4v) is 4.40. The Morgan fingerprint density at radius 1 is 1.25 bits per heavy atom. The van der Waals surface area contributed by atoms with E-state index in [1.807, 2.05) is 0 Å². The Morgan fingerprint density at radius 3 is 2.46 bits per heavy atom.